The molecule has 4 heteroatoms. The Hall–Kier alpha value is -4.83. The lowest BCUT2D eigenvalue weighted by atomic mass is 9.73. The van der Waals surface area contributed by atoms with E-state index in [4.69, 9.17) is 4.74 Å². The number of aryl methyl sites for hydroxylation is 2. The third-order valence-corrected chi connectivity index (χ3v) is 8.48. The first-order valence-electron chi connectivity index (χ1n) is 15.2. The second-order valence-electron chi connectivity index (χ2n) is 13.1. The minimum atomic E-state index is -0.606. The van der Waals surface area contributed by atoms with Crippen molar-refractivity contribution >= 4 is 34.5 Å². The Labute approximate surface area is 261 Å². The predicted octanol–water partition coefficient (Wildman–Crippen LogP) is 11.2. The summed E-state index contributed by atoms with van der Waals surface area (Å²) in [6.07, 6.45) is -0.369. The molecule has 44 heavy (non-hydrogen) atoms. The normalized spacial score (nSPS) is 13.6. The summed E-state index contributed by atoms with van der Waals surface area (Å²) in [5.41, 5.74) is 11.0. The highest BCUT2D eigenvalue weighted by Gasteiger charge is 2.40. The average Bonchev–Trinajstić information content (AvgIpc) is 2.99. The van der Waals surface area contributed by atoms with E-state index >= 15 is 0 Å². The molecular weight excluding hydrogens is 540 g/mol. The van der Waals surface area contributed by atoms with Gasteiger partial charge in [0, 0.05) is 22.5 Å². The molecule has 1 amide bonds. The molecule has 0 unspecified atom stereocenters. The van der Waals surface area contributed by atoms with Crippen LogP contribution in [0.25, 0.3) is 11.1 Å². The standard InChI is InChI=1S/C40H40N2O2/c1-27-14-8-11-17-34(27)41(35-18-12-9-15-28(35)2)31-23-20-29(21-24-31)30-22-25-37-33(26-30)40(6,7)32-16-10-13-19-36(32)42(37)38(43)44-39(3,4)5/h8-26H,1-7H3. The van der Waals surface area contributed by atoms with Gasteiger partial charge in [-0.1, -0.05) is 86.6 Å². The van der Waals surface area contributed by atoms with Crippen molar-refractivity contribution < 1.29 is 9.53 Å². The van der Waals surface area contributed by atoms with Gasteiger partial charge in [-0.3, -0.25) is 0 Å². The summed E-state index contributed by atoms with van der Waals surface area (Å²) in [4.78, 5) is 17.7. The molecule has 0 saturated heterocycles. The van der Waals surface area contributed by atoms with Crippen molar-refractivity contribution in [2.75, 3.05) is 9.80 Å². The third kappa shape index (κ3) is 5.26. The summed E-state index contributed by atoms with van der Waals surface area (Å²) >= 11 is 0. The molecule has 0 atom stereocenters. The van der Waals surface area contributed by atoms with Crippen molar-refractivity contribution in [3.8, 4) is 11.1 Å². The summed E-state index contributed by atoms with van der Waals surface area (Å²) in [6.45, 7) is 14.5. The number of nitrogens with zero attached hydrogens (tertiary/aromatic N) is 2. The Balaban J connectivity index is 1.42. The number of anilines is 5. The molecule has 0 spiro atoms. The fourth-order valence-corrected chi connectivity index (χ4v) is 6.23. The SMILES string of the molecule is Cc1ccccc1N(c1ccc(-c2ccc3c(c2)C(C)(C)c2ccccc2N3C(=O)OC(C)(C)C)cc1)c1ccccc1C. The summed E-state index contributed by atoms with van der Waals surface area (Å²) in [5, 5.41) is 0. The van der Waals surface area contributed by atoms with Crippen molar-refractivity contribution in [2.45, 2.75) is 59.5 Å². The van der Waals surface area contributed by atoms with Crippen molar-refractivity contribution in [2.24, 2.45) is 0 Å². The van der Waals surface area contributed by atoms with Crippen LogP contribution < -0.4 is 9.80 Å². The topological polar surface area (TPSA) is 32.8 Å². The summed E-state index contributed by atoms with van der Waals surface area (Å²) in [6, 6.07) is 40.3. The zero-order valence-electron chi connectivity index (χ0n) is 26.7. The van der Waals surface area contributed by atoms with Crippen LogP contribution in [-0.4, -0.2) is 11.7 Å². The first-order valence-corrected chi connectivity index (χ1v) is 15.2. The van der Waals surface area contributed by atoms with E-state index in [-0.39, 0.29) is 11.5 Å². The van der Waals surface area contributed by atoms with Crippen molar-refractivity contribution in [1.29, 1.82) is 0 Å². The lowest BCUT2D eigenvalue weighted by molar-refractivity contribution is 0.0597. The van der Waals surface area contributed by atoms with E-state index in [0.717, 1.165) is 50.7 Å². The summed E-state index contributed by atoms with van der Waals surface area (Å²) in [5.74, 6) is 0. The van der Waals surface area contributed by atoms with Crippen molar-refractivity contribution in [3.05, 3.63) is 138 Å². The van der Waals surface area contributed by atoms with Gasteiger partial charge in [-0.2, -0.15) is 0 Å². The Morgan fingerprint density at radius 3 is 1.77 bits per heavy atom. The summed E-state index contributed by atoms with van der Waals surface area (Å²) < 4.78 is 5.88. The first kappa shape index (κ1) is 29.3. The maximum atomic E-state index is 13.6. The van der Waals surface area contributed by atoms with Crippen LogP contribution in [0.4, 0.5) is 33.2 Å². The van der Waals surface area contributed by atoms with E-state index in [0.29, 0.717) is 0 Å². The van der Waals surface area contributed by atoms with E-state index < -0.39 is 5.60 Å². The van der Waals surface area contributed by atoms with Crippen LogP contribution in [0.15, 0.2) is 115 Å². The van der Waals surface area contributed by atoms with Gasteiger partial charge in [-0.05, 0) is 110 Å². The van der Waals surface area contributed by atoms with Crippen LogP contribution in [-0.2, 0) is 10.2 Å². The molecule has 1 aliphatic heterocycles. The lowest BCUT2D eigenvalue weighted by Gasteiger charge is -2.41. The number of benzene rings is 5. The van der Waals surface area contributed by atoms with Gasteiger partial charge in [0.2, 0.25) is 0 Å². The largest absolute Gasteiger partial charge is 0.443 e. The van der Waals surface area contributed by atoms with Crippen LogP contribution >= 0.6 is 0 Å². The fraction of sp³-hybridized carbons (Fsp3) is 0.225. The number of hydrogen-bond acceptors (Lipinski definition) is 3. The maximum Gasteiger partial charge on any atom is 0.419 e. The van der Waals surface area contributed by atoms with Gasteiger partial charge in [-0.15, -0.1) is 0 Å². The quantitative estimate of drug-likeness (QED) is 0.212. The Morgan fingerprint density at radius 2 is 1.18 bits per heavy atom. The molecule has 6 rings (SSSR count). The van der Waals surface area contributed by atoms with Crippen molar-refractivity contribution in [1.82, 2.24) is 0 Å². The second-order valence-corrected chi connectivity index (χ2v) is 13.1. The highest BCUT2D eigenvalue weighted by molar-refractivity contribution is 6.01. The molecule has 0 radical (unpaired) electrons. The van der Waals surface area contributed by atoms with E-state index in [1.807, 2.05) is 39.0 Å². The molecular formula is C40H40N2O2. The van der Waals surface area contributed by atoms with E-state index in [1.54, 1.807) is 4.90 Å². The molecule has 1 heterocycles. The van der Waals surface area contributed by atoms with Gasteiger partial charge in [-0.25, -0.2) is 9.69 Å². The van der Waals surface area contributed by atoms with Gasteiger partial charge < -0.3 is 9.64 Å². The molecule has 0 saturated carbocycles. The highest BCUT2D eigenvalue weighted by Crippen LogP contribution is 2.50. The van der Waals surface area contributed by atoms with Crippen LogP contribution in [0.1, 0.15) is 56.9 Å². The minimum absolute atomic E-state index is 0.313. The van der Waals surface area contributed by atoms with Gasteiger partial charge in [0.05, 0.1) is 11.4 Å². The number of carbonyl (C=O) groups excluding carboxylic acids is 1. The zero-order valence-corrected chi connectivity index (χ0v) is 26.7. The van der Waals surface area contributed by atoms with Crippen LogP contribution in [0, 0.1) is 13.8 Å². The molecule has 5 aromatic carbocycles. The molecule has 0 aromatic heterocycles. The van der Waals surface area contributed by atoms with Crippen LogP contribution in [0.2, 0.25) is 0 Å². The average molecular weight is 581 g/mol. The van der Waals surface area contributed by atoms with Gasteiger partial charge >= 0.3 is 6.09 Å². The highest BCUT2D eigenvalue weighted by atomic mass is 16.6. The monoisotopic (exact) mass is 580 g/mol. The van der Waals surface area contributed by atoms with Crippen LogP contribution in [0.5, 0.6) is 0 Å². The Kier molecular flexibility index (Phi) is 7.33. The number of para-hydroxylation sites is 3. The number of amides is 1. The van der Waals surface area contributed by atoms with Crippen LogP contribution in [0.3, 0.4) is 0 Å². The van der Waals surface area contributed by atoms with Crippen molar-refractivity contribution in [3.63, 3.8) is 0 Å². The van der Waals surface area contributed by atoms with Gasteiger partial charge in [0.15, 0.2) is 0 Å². The molecule has 0 bridgehead atoms. The smallest absolute Gasteiger partial charge is 0.419 e. The van der Waals surface area contributed by atoms with Gasteiger partial charge in [0.1, 0.15) is 5.60 Å². The minimum Gasteiger partial charge on any atom is -0.443 e. The van der Waals surface area contributed by atoms with E-state index in [2.05, 4.69) is 130 Å². The Bertz CT molecular complexity index is 1800. The summed E-state index contributed by atoms with van der Waals surface area (Å²) in [7, 11) is 0. The predicted molar refractivity (Wildman–Crippen MR) is 183 cm³/mol. The van der Waals surface area contributed by atoms with Gasteiger partial charge in [0.25, 0.3) is 0 Å². The number of carbonyl (C=O) groups is 1. The molecule has 5 aromatic rings. The maximum absolute atomic E-state index is 13.6. The first-order chi connectivity index (χ1) is 21.0. The molecule has 4 nitrogen and oxygen atoms in total. The van der Waals surface area contributed by atoms with E-state index in [1.165, 1.54) is 11.1 Å². The van der Waals surface area contributed by atoms with E-state index in [9.17, 15) is 4.79 Å². The second kappa shape index (κ2) is 11.0. The number of hydrogen-bond donors (Lipinski definition) is 0. The molecule has 0 aliphatic carbocycles. The Morgan fingerprint density at radius 1 is 0.659 bits per heavy atom. The number of rotatable bonds is 4. The molecule has 222 valence electrons. The molecule has 0 N–H and O–H groups in total. The third-order valence-electron chi connectivity index (χ3n) is 8.48. The fourth-order valence-electron chi connectivity index (χ4n) is 6.23. The lowest BCUT2D eigenvalue weighted by Crippen LogP contribution is -2.39. The number of ether oxygens (including phenoxy) is 1. The molecule has 0 fully saturated rings. The molecule has 1 aliphatic rings. The number of fused-ring (bicyclic) bond motifs is 2. The zero-order chi connectivity index (χ0) is 31.2.